The van der Waals surface area contributed by atoms with Crippen LogP contribution >= 0.6 is 0 Å². The first-order valence-electron chi connectivity index (χ1n) is 7.66. The highest BCUT2D eigenvalue weighted by Crippen LogP contribution is 2.25. The van der Waals surface area contributed by atoms with Crippen molar-refractivity contribution >= 4 is 0 Å². The molecule has 1 aliphatic rings. The number of unbranched alkanes of at least 4 members (excludes halogenated alkanes) is 2. The van der Waals surface area contributed by atoms with Crippen molar-refractivity contribution in [1.82, 2.24) is 5.32 Å². The molecule has 0 radical (unpaired) electrons. The van der Waals surface area contributed by atoms with Gasteiger partial charge in [0.2, 0.25) is 0 Å². The van der Waals surface area contributed by atoms with Crippen molar-refractivity contribution in [3.05, 3.63) is 0 Å². The summed E-state index contributed by atoms with van der Waals surface area (Å²) in [6, 6.07) is 0. The zero-order valence-electron chi connectivity index (χ0n) is 12.2. The van der Waals surface area contributed by atoms with Crippen LogP contribution in [0.5, 0.6) is 0 Å². The third-order valence-corrected chi connectivity index (χ3v) is 3.72. The second-order valence-corrected chi connectivity index (χ2v) is 5.75. The van der Waals surface area contributed by atoms with Gasteiger partial charge in [-0.1, -0.05) is 19.8 Å². The van der Waals surface area contributed by atoms with Crippen LogP contribution in [0.15, 0.2) is 0 Å². The van der Waals surface area contributed by atoms with Gasteiger partial charge in [0.1, 0.15) is 0 Å². The molecule has 0 aromatic heterocycles. The van der Waals surface area contributed by atoms with Crippen molar-refractivity contribution < 1.29 is 9.84 Å². The monoisotopic (exact) mass is 267 g/mol. The Kier molecular flexibility index (Phi) is 8.90. The van der Waals surface area contributed by atoms with Crippen LogP contribution in [0, 0.1) is 18.3 Å². The SMILES string of the molecule is C#CCCCCNCC(O)COC1CCCC(C)C1. The van der Waals surface area contributed by atoms with Crippen molar-refractivity contribution in [1.29, 1.82) is 0 Å². The maximum absolute atomic E-state index is 9.83. The number of aliphatic hydroxyl groups excluding tert-OH is 1. The van der Waals surface area contributed by atoms with Crippen LogP contribution < -0.4 is 5.32 Å². The average molecular weight is 267 g/mol. The number of hydrogen-bond acceptors (Lipinski definition) is 3. The molecule has 3 unspecified atom stereocenters. The van der Waals surface area contributed by atoms with Crippen LogP contribution in [-0.2, 0) is 4.74 Å². The van der Waals surface area contributed by atoms with Crippen molar-refractivity contribution in [3.8, 4) is 12.3 Å². The highest BCUT2D eigenvalue weighted by atomic mass is 16.5. The number of nitrogens with one attached hydrogen (secondary N) is 1. The second-order valence-electron chi connectivity index (χ2n) is 5.75. The van der Waals surface area contributed by atoms with Gasteiger partial charge in [-0.25, -0.2) is 0 Å². The van der Waals surface area contributed by atoms with E-state index in [-0.39, 0.29) is 0 Å². The minimum atomic E-state index is -0.398. The van der Waals surface area contributed by atoms with Gasteiger partial charge >= 0.3 is 0 Å². The fourth-order valence-corrected chi connectivity index (χ4v) is 2.58. The van der Waals surface area contributed by atoms with Gasteiger partial charge in [-0.15, -0.1) is 12.3 Å². The molecule has 0 heterocycles. The molecule has 1 saturated carbocycles. The van der Waals surface area contributed by atoms with E-state index in [4.69, 9.17) is 11.2 Å². The Morgan fingerprint density at radius 2 is 2.26 bits per heavy atom. The standard InChI is InChI=1S/C16H29NO2/c1-3-4-5-6-10-17-12-15(18)13-19-16-9-7-8-14(2)11-16/h1,14-18H,4-13H2,2H3. The van der Waals surface area contributed by atoms with Crippen LogP contribution in [-0.4, -0.2) is 37.0 Å². The predicted molar refractivity (Wildman–Crippen MR) is 78.9 cm³/mol. The van der Waals surface area contributed by atoms with Crippen molar-refractivity contribution in [2.75, 3.05) is 19.7 Å². The van der Waals surface area contributed by atoms with Crippen molar-refractivity contribution in [2.45, 2.75) is 64.1 Å². The normalized spacial score (nSPS) is 24.9. The largest absolute Gasteiger partial charge is 0.389 e. The highest BCUT2D eigenvalue weighted by Gasteiger charge is 2.20. The van der Waals surface area contributed by atoms with Gasteiger partial charge in [0, 0.05) is 13.0 Å². The van der Waals surface area contributed by atoms with Gasteiger partial charge in [0.25, 0.3) is 0 Å². The fourth-order valence-electron chi connectivity index (χ4n) is 2.58. The molecule has 1 aliphatic carbocycles. The first-order chi connectivity index (χ1) is 9.22. The number of aliphatic hydroxyl groups is 1. The summed E-state index contributed by atoms with van der Waals surface area (Å²) < 4.78 is 5.79. The Morgan fingerprint density at radius 3 is 3.00 bits per heavy atom. The van der Waals surface area contributed by atoms with Crippen LogP contribution in [0.2, 0.25) is 0 Å². The van der Waals surface area contributed by atoms with Crippen molar-refractivity contribution in [3.63, 3.8) is 0 Å². The van der Waals surface area contributed by atoms with Crippen LogP contribution in [0.1, 0.15) is 51.9 Å². The third kappa shape index (κ3) is 8.26. The maximum Gasteiger partial charge on any atom is 0.0897 e. The molecule has 110 valence electrons. The van der Waals surface area contributed by atoms with Gasteiger partial charge in [0.15, 0.2) is 0 Å². The van der Waals surface area contributed by atoms with Crippen LogP contribution in [0.3, 0.4) is 0 Å². The Labute approximate surface area is 118 Å². The van der Waals surface area contributed by atoms with Crippen LogP contribution in [0.4, 0.5) is 0 Å². The van der Waals surface area contributed by atoms with Gasteiger partial charge in [0.05, 0.1) is 18.8 Å². The Balaban J connectivity index is 1.95. The molecular weight excluding hydrogens is 238 g/mol. The third-order valence-electron chi connectivity index (χ3n) is 3.72. The van der Waals surface area contributed by atoms with Crippen LogP contribution in [0.25, 0.3) is 0 Å². The quantitative estimate of drug-likeness (QED) is 0.498. The zero-order valence-corrected chi connectivity index (χ0v) is 12.2. The molecule has 3 heteroatoms. The topological polar surface area (TPSA) is 41.5 Å². The van der Waals surface area contributed by atoms with Gasteiger partial charge in [-0.2, -0.15) is 0 Å². The highest BCUT2D eigenvalue weighted by molar-refractivity contribution is 4.82. The maximum atomic E-state index is 9.83. The zero-order chi connectivity index (χ0) is 13.9. The van der Waals surface area contributed by atoms with E-state index in [0.29, 0.717) is 19.3 Å². The smallest absolute Gasteiger partial charge is 0.0897 e. The lowest BCUT2D eigenvalue weighted by Gasteiger charge is -2.27. The summed E-state index contributed by atoms with van der Waals surface area (Å²) in [5, 5.41) is 13.1. The van der Waals surface area contributed by atoms with E-state index in [9.17, 15) is 5.11 Å². The lowest BCUT2D eigenvalue weighted by Crippen LogP contribution is -2.33. The molecule has 0 spiro atoms. The fraction of sp³-hybridized carbons (Fsp3) is 0.875. The van der Waals surface area contributed by atoms with E-state index in [1.54, 1.807) is 0 Å². The Morgan fingerprint density at radius 1 is 1.42 bits per heavy atom. The molecule has 1 fully saturated rings. The summed E-state index contributed by atoms with van der Waals surface area (Å²) in [6.45, 7) is 4.26. The molecule has 0 aromatic carbocycles. The predicted octanol–water partition coefficient (Wildman–Crippen LogP) is 2.34. The summed E-state index contributed by atoms with van der Waals surface area (Å²) in [7, 11) is 0. The van der Waals surface area contributed by atoms with E-state index in [2.05, 4.69) is 18.2 Å². The number of terminal acetylenes is 1. The van der Waals surface area contributed by atoms with Gasteiger partial charge in [-0.05, 0) is 38.1 Å². The van der Waals surface area contributed by atoms with E-state index < -0.39 is 6.10 Å². The first-order valence-corrected chi connectivity index (χ1v) is 7.66. The molecular formula is C16H29NO2. The minimum Gasteiger partial charge on any atom is -0.389 e. The molecule has 0 saturated heterocycles. The summed E-state index contributed by atoms with van der Waals surface area (Å²) in [6.07, 6.45) is 13.0. The van der Waals surface area contributed by atoms with E-state index in [1.807, 2.05) is 0 Å². The Hall–Kier alpha value is -0.560. The van der Waals surface area contributed by atoms with E-state index in [0.717, 1.165) is 44.6 Å². The Bertz CT molecular complexity index is 262. The average Bonchev–Trinajstić information content (AvgIpc) is 2.40. The minimum absolute atomic E-state index is 0.356. The summed E-state index contributed by atoms with van der Waals surface area (Å²) >= 11 is 0. The summed E-state index contributed by atoms with van der Waals surface area (Å²) in [4.78, 5) is 0. The summed E-state index contributed by atoms with van der Waals surface area (Å²) in [5.41, 5.74) is 0. The van der Waals surface area contributed by atoms with Gasteiger partial charge < -0.3 is 15.2 Å². The molecule has 1 rings (SSSR count). The first kappa shape index (κ1) is 16.5. The lowest BCUT2D eigenvalue weighted by molar-refractivity contribution is -0.0305. The molecule has 0 amide bonds. The summed E-state index contributed by atoms with van der Waals surface area (Å²) in [5.74, 6) is 3.40. The van der Waals surface area contributed by atoms with Crippen molar-refractivity contribution in [2.24, 2.45) is 5.92 Å². The van der Waals surface area contributed by atoms with E-state index in [1.165, 1.54) is 12.8 Å². The number of ether oxygens (including phenoxy) is 1. The molecule has 3 atom stereocenters. The molecule has 3 nitrogen and oxygen atoms in total. The molecule has 2 N–H and O–H groups in total. The second kappa shape index (κ2) is 10.3. The molecule has 19 heavy (non-hydrogen) atoms. The number of hydrogen-bond donors (Lipinski definition) is 2. The van der Waals surface area contributed by atoms with Gasteiger partial charge in [-0.3, -0.25) is 0 Å². The molecule has 0 bridgehead atoms. The molecule has 0 aromatic rings. The van der Waals surface area contributed by atoms with E-state index >= 15 is 0 Å². The molecule has 0 aliphatic heterocycles. The number of rotatable bonds is 9. The lowest BCUT2D eigenvalue weighted by atomic mass is 9.89.